The summed E-state index contributed by atoms with van der Waals surface area (Å²) in [5.74, 6) is 4.47. The van der Waals surface area contributed by atoms with Gasteiger partial charge in [0.15, 0.2) is 5.58 Å². The van der Waals surface area contributed by atoms with Gasteiger partial charge in [-0.05, 0) is 214 Å². The molecule has 9 aliphatic carbocycles. The Bertz CT molecular complexity index is 5080. The number of hydrogen-bond acceptors (Lipinski definition) is 3. The number of aryl methyl sites for hydroxylation is 4. The van der Waals surface area contributed by atoms with E-state index in [0.29, 0.717) is 47.3 Å². The lowest BCUT2D eigenvalue weighted by Crippen LogP contribution is -2.65. The number of hydrogen-bond donors (Lipinski definition) is 0. The van der Waals surface area contributed by atoms with Crippen LogP contribution in [0.5, 0.6) is 0 Å². The molecule has 8 bridgehead atoms. The molecule has 0 radical (unpaired) electrons. The van der Waals surface area contributed by atoms with Gasteiger partial charge < -0.3 is 8.83 Å². The highest BCUT2D eigenvalue weighted by atomic mass is 16.3. The summed E-state index contributed by atoms with van der Waals surface area (Å²) in [6, 6.07) is 37.3. The number of aromatic nitrogens is 3. The average Bonchev–Trinajstić information content (AvgIpc) is 1.46. The van der Waals surface area contributed by atoms with Crippen LogP contribution in [0.2, 0.25) is 0 Å². The lowest BCUT2D eigenvalue weighted by atomic mass is 9.30. The lowest BCUT2D eigenvalue weighted by Gasteiger charge is -2.40. The minimum Gasteiger partial charge on any atom is -0.456 e. The molecule has 8 heteroatoms. The minimum absolute atomic E-state index is 0.00746. The van der Waals surface area contributed by atoms with Crippen molar-refractivity contribution >= 4 is 123 Å². The summed E-state index contributed by atoms with van der Waals surface area (Å²) in [4.78, 5) is 18.1. The Morgan fingerprint density at radius 1 is 0.464 bits per heavy atom. The third kappa shape index (κ3) is 5.56. The Hall–Kier alpha value is -7.18. The molecule has 5 saturated carbocycles. The zero-order chi connectivity index (χ0) is 55.2. The van der Waals surface area contributed by atoms with E-state index in [-0.39, 0.29) is 24.5 Å². The summed E-state index contributed by atoms with van der Waals surface area (Å²) in [6.07, 6.45) is 18.7. The zero-order valence-electron chi connectivity index (χ0n) is 49.2. The van der Waals surface area contributed by atoms with Crippen LogP contribution in [-0.2, 0) is 5.41 Å². The monoisotopic (exact) mass is 1090 g/mol. The number of fused-ring (bicyclic) bond motifs is 14. The summed E-state index contributed by atoms with van der Waals surface area (Å²) in [5, 5.41) is 7.39. The number of rotatable bonds is 3. The number of para-hydroxylation sites is 2. The molecule has 412 valence electrons. The van der Waals surface area contributed by atoms with Crippen LogP contribution in [-0.4, -0.2) is 26.8 Å². The van der Waals surface area contributed by atoms with E-state index in [2.05, 4.69) is 145 Å². The maximum Gasteiger partial charge on any atom is 0.340 e. The van der Waals surface area contributed by atoms with Crippen LogP contribution in [0, 0.1) is 51.4 Å². The highest BCUT2D eigenvalue weighted by Crippen LogP contribution is 2.62. The van der Waals surface area contributed by atoms with Gasteiger partial charge in [0, 0.05) is 38.2 Å². The molecular formula is C76H69B2N3O3. The first-order valence-corrected chi connectivity index (χ1v) is 32.8. The van der Waals surface area contributed by atoms with Crippen molar-refractivity contribution in [3.8, 4) is 5.69 Å². The smallest absolute Gasteiger partial charge is 0.340 e. The molecule has 7 heterocycles. The van der Waals surface area contributed by atoms with Crippen molar-refractivity contribution in [2.45, 2.75) is 160 Å². The molecule has 5 aromatic heterocycles. The SMILES string of the molecule is Cc1cccc(C)c1B1c2cc(C3(C)CCCCC3)cc3c2-n2c4c1c1c5c(c6c7ccccc7oc6c1n4c(=O)n1c4c(c6c(c7oc8ccccc8c74)C4CC7CC(C4)CC6C7)c(c21)B3c1c(C)cccc1C)C1CC2CC(CC5C2)C1. The second-order valence-corrected chi connectivity index (χ2v) is 29.7. The van der Waals surface area contributed by atoms with Crippen LogP contribution in [0.1, 0.15) is 177 Å². The Kier molecular flexibility index (Phi) is 8.87. The molecule has 0 saturated heterocycles. The van der Waals surface area contributed by atoms with E-state index in [9.17, 15) is 0 Å². The molecule has 11 aliphatic rings. The number of nitrogens with zero attached hydrogens (tertiary/aromatic N) is 3. The third-order valence-electron chi connectivity index (χ3n) is 25.3. The van der Waals surface area contributed by atoms with Gasteiger partial charge in [-0.1, -0.05) is 144 Å². The quantitative estimate of drug-likeness (QED) is 0.166. The molecule has 23 rings (SSSR count). The molecule has 6 nitrogen and oxygen atoms in total. The first-order valence-electron chi connectivity index (χ1n) is 32.8. The lowest BCUT2D eigenvalue weighted by molar-refractivity contribution is 0.166. The van der Waals surface area contributed by atoms with Crippen molar-refractivity contribution in [1.29, 1.82) is 0 Å². The maximum absolute atomic E-state index is 18.1. The fourth-order valence-electron chi connectivity index (χ4n) is 22.5. The molecule has 4 atom stereocenters. The van der Waals surface area contributed by atoms with E-state index in [4.69, 9.17) is 8.83 Å². The standard InChI is InChI=1S/C76H69B2N3O3/c1-37-15-13-16-38(2)64(37)77-52-35-49(76(5)23-11-6-12-24-76)36-53-68(52)79-73-66(77)62-58-47-31-43-26-44(32-47)34-48(33-43)59(58)71-61(51-20-8-10-22-55(51)83-71)69(62)80(73)75(82)81-70-63(67(74(79)81)78(53)65-39(3)17-14-18-40(65)4)57-46-29-41-25-42(30-46)28-45(27-41)56(57)60-50-19-7-9-21-54(50)84-72(60)70/h7-10,13-22,35-36,41-48H,6,11-12,23-34H2,1-5H3. The number of benzene rings is 7. The third-order valence-corrected chi connectivity index (χ3v) is 25.3. The van der Waals surface area contributed by atoms with Crippen LogP contribution in [0.25, 0.3) is 82.7 Å². The van der Waals surface area contributed by atoms with Crippen molar-refractivity contribution in [2.75, 3.05) is 0 Å². The Morgan fingerprint density at radius 2 is 0.905 bits per heavy atom. The van der Waals surface area contributed by atoms with Gasteiger partial charge in [0.25, 0.3) is 0 Å². The van der Waals surface area contributed by atoms with Gasteiger partial charge in [-0.25, -0.2) is 13.6 Å². The Balaban J connectivity index is 1.08. The first-order chi connectivity index (χ1) is 41.1. The molecule has 0 amide bonds. The first kappa shape index (κ1) is 47.1. The van der Waals surface area contributed by atoms with Gasteiger partial charge in [0.05, 0.1) is 10.9 Å². The molecule has 7 aromatic carbocycles. The molecule has 0 spiro atoms. The van der Waals surface area contributed by atoms with Crippen molar-refractivity contribution < 1.29 is 8.83 Å². The second-order valence-electron chi connectivity index (χ2n) is 29.7. The van der Waals surface area contributed by atoms with Crippen molar-refractivity contribution in [3.63, 3.8) is 0 Å². The predicted molar refractivity (Wildman–Crippen MR) is 346 cm³/mol. The van der Waals surface area contributed by atoms with Crippen molar-refractivity contribution in [3.05, 3.63) is 158 Å². The molecule has 12 aromatic rings. The van der Waals surface area contributed by atoms with Crippen LogP contribution in [0.15, 0.2) is 111 Å². The molecule has 4 unspecified atom stereocenters. The van der Waals surface area contributed by atoms with E-state index in [0.717, 1.165) is 55.4 Å². The summed E-state index contributed by atoms with van der Waals surface area (Å²) in [6.45, 7) is 11.9. The predicted octanol–water partition coefficient (Wildman–Crippen LogP) is 14.3. The van der Waals surface area contributed by atoms with Crippen LogP contribution >= 0.6 is 0 Å². The average molecular weight is 1090 g/mol. The van der Waals surface area contributed by atoms with E-state index in [1.165, 1.54) is 195 Å². The van der Waals surface area contributed by atoms with Gasteiger partial charge in [-0.2, -0.15) is 0 Å². The second kappa shape index (κ2) is 15.8. The maximum atomic E-state index is 18.1. The van der Waals surface area contributed by atoms with Crippen LogP contribution in [0.4, 0.5) is 0 Å². The topological polar surface area (TPSA) is 57.1 Å². The molecular weight excluding hydrogens is 1020 g/mol. The highest BCUT2D eigenvalue weighted by molar-refractivity contribution is 7.03. The normalized spacial score (nSPS) is 25.8. The summed E-state index contributed by atoms with van der Waals surface area (Å²) in [5.41, 5.74) is 30.5. The molecule has 5 fully saturated rings. The minimum atomic E-state index is -0.138. The van der Waals surface area contributed by atoms with Gasteiger partial charge >= 0.3 is 5.69 Å². The fraction of sp³-hybridized carbons (Fsp3) is 0.382. The fourth-order valence-corrected chi connectivity index (χ4v) is 22.5. The summed E-state index contributed by atoms with van der Waals surface area (Å²) >= 11 is 0. The molecule has 2 aliphatic heterocycles. The Morgan fingerprint density at radius 3 is 1.44 bits per heavy atom. The van der Waals surface area contributed by atoms with Crippen LogP contribution < -0.4 is 38.5 Å². The Labute approximate surface area is 489 Å². The van der Waals surface area contributed by atoms with Crippen LogP contribution in [0.3, 0.4) is 0 Å². The summed E-state index contributed by atoms with van der Waals surface area (Å²) in [7, 11) is 0. The van der Waals surface area contributed by atoms with Gasteiger partial charge in [0.2, 0.25) is 13.4 Å². The number of furan rings is 2. The van der Waals surface area contributed by atoms with E-state index in [1.54, 1.807) is 11.1 Å². The van der Waals surface area contributed by atoms with Gasteiger partial charge in [-0.3, -0.25) is 4.57 Å². The molecule has 84 heavy (non-hydrogen) atoms. The van der Waals surface area contributed by atoms with Crippen molar-refractivity contribution in [2.24, 2.45) is 23.7 Å². The van der Waals surface area contributed by atoms with Crippen molar-refractivity contribution in [1.82, 2.24) is 13.4 Å². The summed E-state index contributed by atoms with van der Waals surface area (Å²) < 4.78 is 22.5. The van der Waals surface area contributed by atoms with E-state index >= 15 is 4.79 Å². The largest absolute Gasteiger partial charge is 0.456 e. The van der Waals surface area contributed by atoms with E-state index < -0.39 is 0 Å². The molecule has 0 N–H and O–H groups in total. The zero-order valence-corrected chi connectivity index (χ0v) is 49.2. The van der Waals surface area contributed by atoms with E-state index in [1.807, 2.05) is 0 Å². The van der Waals surface area contributed by atoms with Gasteiger partial charge in [-0.15, -0.1) is 0 Å². The highest BCUT2D eigenvalue weighted by Gasteiger charge is 2.53. The van der Waals surface area contributed by atoms with Gasteiger partial charge in [0.1, 0.15) is 33.6 Å².